The molecule has 1 amide bonds. The third-order valence-corrected chi connectivity index (χ3v) is 4.36. The fourth-order valence-corrected chi connectivity index (χ4v) is 3.24. The van der Waals surface area contributed by atoms with Crippen LogP contribution in [-0.4, -0.2) is 28.8 Å². The molecule has 110 valence electrons. The molecule has 5 nitrogen and oxygen atoms in total. The van der Waals surface area contributed by atoms with Crippen molar-refractivity contribution in [3.05, 3.63) is 29.3 Å². The Labute approximate surface area is 127 Å². The normalized spacial score (nSPS) is 17.9. The molecule has 0 saturated carbocycles. The van der Waals surface area contributed by atoms with Crippen LogP contribution in [0, 0.1) is 13.8 Å². The van der Waals surface area contributed by atoms with Gasteiger partial charge in [0.1, 0.15) is 11.1 Å². The van der Waals surface area contributed by atoms with Crippen LogP contribution in [0.4, 0.5) is 5.13 Å². The van der Waals surface area contributed by atoms with E-state index in [0.29, 0.717) is 11.7 Å². The summed E-state index contributed by atoms with van der Waals surface area (Å²) < 4.78 is 5.36. The van der Waals surface area contributed by atoms with Gasteiger partial charge in [-0.1, -0.05) is 35.1 Å². The second-order valence-electron chi connectivity index (χ2n) is 5.22. The molecule has 1 saturated heterocycles. The van der Waals surface area contributed by atoms with Crippen LogP contribution >= 0.6 is 11.3 Å². The minimum absolute atomic E-state index is 0.129. The molecule has 1 aliphatic rings. The Morgan fingerprint density at radius 3 is 2.95 bits per heavy atom. The zero-order valence-corrected chi connectivity index (χ0v) is 12.9. The number of nitrogens with zero attached hydrogens (tertiary/aromatic N) is 2. The zero-order chi connectivity index (χ0) is 14.8. The van der Waals surface area contributed by atoms with Crippen molar-refractivity contribution < 1.29 is 9.53 Å². The van der Waals surface area contributed by atoms with E-state index in [9.17, 15) is 4.79 Å². The van der Waals surface area contributed by atoms with Crippen molar-refractivity contribution in [2.75, 3.05) is 11.9 Å². The minimum Gasteiger partial charge on any atom is -0.368 e. The number of carbonyl (C=O) groups is 1. The molecule has 1 N–H and O–H groups in total. The third kappa shape index (κ3) is 3.11. The van der Waals surface area contributed by atoms with Crippen molar-refractivity contribution in [3.63, 3.8) is 0 Å². The lowest BCUT2D eigenvalue weighted by molar-refractivity contribution is -0.124. The molecule has 3 rings (SSSR count). The molecule has 1 aromatic heterocycles. The highest BCUT2D eigenvalue weighted by molar-refractivity contribution is 7.18. The van der Waals surface area contributed by atoms with Gasteiger partial charge in [-0.2, -0.15) is 0 Å². The van der Waals surface area contributed by atoms with Gasteiger partial charge < -0.3 is 4.74 Å². The third-order valence-electron chi connectivity index (χ3n) is 3.49. The fraction of sp³-hybridized carbons (Fsp3) is 0.400. The Balaban J connectivity index is 1.75. The second kappa shape index (κ2) is 5.91. The number of hydrogen-bond donors (Lipinski definition) is 1. The Bertz CT molecular complexity index is 663. The lowest BCUT2D eigenvalue weighted by Gasteiger charge is -2.07. The molecule has 1 aliphatic heterocycles. The van der Waals surface area contributed by atoms with Gasteiger partial charge in [-0.05, 0) is 32.3 Å². The summed E-state index contributed by atoms with van der Waals surface area (Å²) in [6.07, 6.45) is 1.36. The van der Waals surface area contributed by atoms with Gasteiger partial charge in [-0.25, -0.2) is 0 Å². The highest BCUT2D eigenvalue weighted by Crippen LogP contribution is 2.29. The molecule has 0 spiro atoms. The number of aromatic nitrogens is 2. The number of amides is 1. The second-order valence-corrected chi connectivity index (χ2v) is 6.20. The van der Waals surface area contributed by atoms with Gasteiger partial charge in [0.2, 0.25) is 5.13 Å². The fourth-order valence-electron chi connectivity index (χ4n) is 2.41. The number of benzene rings is 1. The lowest BCUT2D eigenvalue weighted by atomic mass is 10.1. The van der Waals surface area contributed by atoms with Gasteiger partial charge in [-0.15, -0.1) is 10.2 Å². The lowest BCUT2D eigenvalue weighted by Crippen LogP contribution is -2.26. The molecule has 1 unspecified atom stereocenters. The van der Waals surface area contributed by atoms with Crippen LogP contribution in [0.15, 0.2) is 18.2 Å². The molecule has 1 aromatic carbocycles. The minimum atomic E-state index is -0.349. The molecule has 6 heteroatoms. The molecule has 0 bridgehead atoms. The molecule has 1 atom stereocenters. The predicted octanol–water partition coefficient (Wildman–Crippen LogP) is 2.94. The maximum atomic E-state index is 12.0. The highest BCUT2D eigenvalue weighted by atomic mass is 32.1. The van der Waals surface area contributed by atoms with Gasteiger partial charge >= 0.3 is 0 Å². The Kier molecular flexibility index (Phi) is 3.98. The summed E-state index contributed by atoms with van der Waals surface area (Å²) in [6.45, 7) is 4.76. The highest BCUT2D eigenvalue weighted by Gasteiger charge is 2.24. The van der Waals surface area contributed by atoms with Crippen LogP contribution in [-0.2, 0) is 9.53 Å². The first kappa shape index (κ1) is 14.2. The average molecular weight is 303 g/mol. The number of anilines is 1. The number of rotatable bonds is 3. The summed E-state index contributed by atoms with van der Waals surface area (Å²) in [6, 6.07) is 6.20. The van der Waals surface area contributed by atoms with Gasteiger partial charge in [0, 0.05) is 12.2 Å². The molecular formula is C15H17N3O2S. The van der Waals surface area contributed by atoms with Crippen LogP contribution in [0.25, 0.3) is 10.6 Å². The van der Waals surface area contributed by atoms with E-state index in [1.165, 1.54) is 16.9 Å². The Hall–Kier alpha value is -1.79. The first-order valence-electron chi connectivity index (χ1n) is 6.97. The van der Waals surface area contributed by atoms with Gasteiger partial charge in [0.05, 0.1) is 0 Å². The van der Waals surface area contributed by atoms with Gasteiger partial charge in [-0.3, -0.25) is 10.1 Å². The summed E-state index contributed by atoms with van der Waals surface area (Å²) in [5.74, 6) is -0.129. The molecule has 2 heterocycles. The van der Waals surface area contributed by atoms with Crippen LogP contribution < -0.4 is 5.32 Å². The number of nitrogens with one attached hydrogen (secondary N) is 1. The summed E-state index contributed by atoms with van der Waals surface area (Å²) in [7, 11) is 0. The summed E-state index contributed by atoms with van der Waals surface area (Å²) in [4.78, 5) is 12.0. The van der Waals surface area contributed by atoms with Crippen LogP contribution in [0.1, 0.15) is 24.0 Å². The topological polar surface area (TPSA) is 64.1 Å². The molecule has 2 aromatic rings. The number of carbonyl (C=O) groups excluding carboxylic acids is 1. The molecule has 0 aliphatic carbocycles. The van der Waals surface area contributed by atoms with Crippen LogP contribution in [0.3, 0.4) is 0 Å². The van der Waals surface area contributed by atoms with Crippen molar-refractivity contribution in [1.82, 2.24) is 10.2 Å². The number of hydrogen-bond acceptors (Lipinski definition) is 5. The van der Waals surface area contributed by atoms with E-state index < -0.39 is 0 Å². The first-order chi connectivity index (χ1) is 10.1. The summed E-state index contributed by atoms with van der Waals surface area (Å²) >= 11 is 1.38. The monoisotopic (exact) mass is 303 g/mol. The van der Waals surface area contributed by atoms with Crippen molar-refractivity contribution in [2.45, 2.75) is 32.8 Å². The van der Waals surface area contributed by atoms with E-state index in [1.54, 1.807) is 0 Å². The first-order valence-corrected chi connectivity index (χ1v) is 7.79. The molecule has 0 radical (unpaired) electrons. The maximum absolute atomic E-state index is 12.0. The SMILES string of the molecule is Cc1ccc(-c2nnc(NC(=O)C3CCCO3)s2)c(C)c1. The summed E-state index contributed by atoms with van der Waals surface area (Å²) in [5.41, 5.74) is 3.42. The smallest absolute Gasteiger partial charge is 0.255 e. The van der Waals surface area contributed by atoms with E-state index in [2.05, 4.69) is 28.5 Å². The quantitative estimate of drug-likeness (QED) is 0.947. The molecule has 1 fully saturated rings. The van der Waals surface area contributed by atoms with Crippen molar-refractivity contribution >= 4 is 22.4 Å². The predicted molar refractivity (Wildman–Crippen MR) is 82.4 cm³/mol. The van der Waals surface area contributed by atoms with Crippen molar-refractivity contribution in [3.8, 4) is 10.6 Å². The van der Waals surface area contributed by atoms with Gasteiger partial charge in [0.15, 0.2) is 0 Å². The number of aryl methyl sites for hydroxylation is 2. The van der Waals surface area contributed by atoms with E-state index in [4.69, 9.17) is 4.74 Å². The Morgan fingerprint density at radius 2 is 2.24 bits per heavy atom. The van der Waals surface area contributed by atoms with Crippen LogP contribution in [0.5, 0.6) is 0 Å². The standard InChI is InChI=1S/C15H17N3O2S/c1-9-5-6-11(10(2)8-9)14-17-18-15(21-14)16-13(19)12-4-3-7-20-12/h5-6,8,12H,3-4,7H2,1-2H3,(H,16,18,19). The van der Waals surface area contributed by atoms with E-state index in [1.807, 2.05) is 19.1 Å². The van der Waals surface area contributed by atoms with Gasteiger partial charge in [0.25, 0.3) is 5.91 Å². The molecular weight excluding hydrogens is 286 g/mol. The van der Waals surface area contributed by atoms with E-state index in [-0.39, 0.29) is 12.0 Å². The van der Waals surface area contributed by atoms with Crippen LogP contribution in [0.2, 0.25) is 0 Å². The zero-order valence-electron chi connectivity index (χ0n) is 12.0. The number of ether oxygens (including phenoxy) is 1. The maximum Gasteiger partial charge on any atom is 0.255 e. The largest absolute Gasteiger partial charge is 0.368 e. The molecule has 21 heavy (non-hydrogen) atoms. The summed E-state index contributed by atoms with van der Waals surface area (Å²) in [5, 5.41) is 12.3. The van der Waals surface area contributed by atoms with Crippen molar-refractivity contribution in [1.29, 1.82) is 0 Å². The van der Waals surface area contributed by atoms with E-state index in [0.717, 1.165) is 29.0 Å². The Morgan fingerprint density at radius 1 is 1.38 bits per heavy atom. The van der Waals surface area contributed by atoms with E-state index >= 15 is 0 Å². The average Bonchev–Trinajstić information content (AvgIpc) is 3.09. The van der Waals surface area contributed by atoms with Crippen molar-refractivity contribution in [2.24, 2.45) is 0 Å².